The lowest BCUT2D eigenvalue weighted by atomic mass is 9.80. The van der Waals surface area contributed by atoms with Crippen LogP contribution in [0.3, 0.4) is 0 Å². The number of aliphatic hydroxyl groups is 1. The summed E-state index contributed by atoms with van der Waals surface area (Å²) in [5.41, 5.74) is 1.61. The van der Waals surface area contributed by atoms with Gasteiger partial charge in [0, 0.05) is 46.9 Å². The van der Waals surface area contributed by atoms with Crippen LogP contribution in [0.25, 0.3) is 0 Å². The maximum atomic E-state index is 12.4. The van der Waals surface area contributed by atoms with Gasteiger partial charge in [-0.2, -0.15) is 0 Å². The predicted molar refractivity (Wildman–Crippen MR) is 90.4 cm³/mol. The first-order valence-corrected chi connectivity index (χ1v) is 8.94. The van der Waals surface area contributed by atoms with Gasteiger partial charge in [-0.15, -0.1) is 0 Å². The maximum absolute atomic E-state index is 12.4. The lowest BCUT2D eigenvalue weighted by molar-refractivity contribution is -0.115. The van der Waals surface area contributed by atoms with Gasteiger partial charge in [-0.3, -0.25) is 9.59 Å². The minimum atomic E-state index is -0.535. The fourth-order valence-corrected chi connectivity index (χ4v) is 4.89. The van der Waals surface area contributed by atoms with Gasteiger partial charge in [0.05, 0.1) is 10.4 Å². The van der Waals surface area contributed by atoms with Crippen molar-refractivity contribution in [1.82, 2.24) is 0 Å². The first-order chi connectivity index (χ1) is 11.0. The number of allylic oxidation sites excluding steroid dienone is 4. The predicted octanol–water partition coefficient (Wildman–Crippen LogP) is 4.48. The van der Waals surface area contributed by atoms with Crippen LogP contribution in [0.5, 0.6) is 5.75 Å². The highest BCUT2D eigenvalue weighted by Gasteiger charge is 2.44. The summed E-state index contributed by atoms with van der Waals surface area (Å²) >= 11 is 6.93. The number of carbonyl (C=O) groups is 2. The molecule has 1 N–H and O–H groups in total. The Hall–Kier alpha value is -1.40. The molecule has 1 heterocycles. The van der Waals surface area contributed by atoms with Gasteiger partial charge in [0.15, 0.2) is 11.6 Å². The second-order valence-electron chi connectivity index (χ2n) is 5.88. The average molecular weight is 440 g/mol. The standard InChI is InChI=1S/C17H12Br2O4/c18-7-5-8-14(15-10(20)1-2-11(15)21)16-12(22)3-4-13(16)23-17(8)9(19)6-7/h5-6,14,20H,1-4H2. The Morgan fingerprint density at radius 3 is 2.39 bits per heavy atom. The number of hydrogen-bond acceptors (Lipinski definition) is 4. The lowest BCUT2D eigenvalue weighted by Crippen LogP contribution is -2.21. The Morgan fingerprint density at radius 2 is 1.70 bits per heavy atom. The number of ketones is 2. The van der Waals surface area contributed by atoms with E-state index < -0.39 is 5.92 Å². The second kappa shape index (κ2) is 5.31. The minimum absolute atomic E-state index is 0.00764. The van der Waals surface area contributed by atoms with Crippen molar-refractivity contribution in [2.75, 3.05) is 0 Å². The van der Waals surface area contributed by atoms with Crippen molar-refractivity contribution in [3.63, 3.8) is 0 Å². The molecular formula is C17H12Br2O4. The van der Waals surface area contributed by atoms with Crippen molar-refractivity contribution in [2.24, 2.45) is 0 Å². The molecule has 1 unspecified atom stereocenters. The molecule has 118 valence electrons. The third-order valence-electron chi connectivity index (χ3n) is 4.53. The molecule has 1 atom stereocenters. The molecule has 23 heavy (non-hydrogen) atoms. The number of Topliss-reactive ketones (excluding diaryl/α,β-unsaturated/α-hetero) is 2. The fourth-order valence-electron chi connectivity index (χ4n) is 3.55. The number of hydrogen-bond donors (Lipinski definition) is 1. The Bertz CT molecular complexity index is 835. The zero-order chi connectivity index (χ0) is 16.3. The van der Waals surface area contributed by atoms with Crippen LogP contribution in [-0.4, -0.2) is 16.7 Å². The zero-order valence-electron chi connectivity index (χ0n) is 12.0. The molecule has 0 radical (unpaired) electrons. The van der Waals surface area contributed by atoms with Crippen LogP contribution in [0.2, 0.25) is 0 Å². The highest BCUT2D eigenvalue weighted by atomic mass is 79.9. The zero-order valence-corrected chi connectivity index (χ0v) is 15.2. The van der Waals surface area contributed by atoms with Crippen molar-refractivity contribution in [3.8, 4) is 5.75 Å². The molecule has 1 aromatic rings. The second-order valence-corrected chi connectivity index (χ2v) is 7.65. The molecule has 0 saturated heterocycles. The fraction of sp³-hybridized carbons (Fsp3) is 0.294. The van der Waals surface area contributed by atoms with E-state index in [-0.39, 0.29) is 17.3 Å². The van der Waals surface area contributed by atoms with Gasteiger partial charge in [0.1, 0.15) is 17.3 Å². The van der Waals surface area contributed by atoms with Gasteiger partial charge in [-0.1, -0.05) is 15.9 Å². The first kappa shape index (κ1) is 15.1. The Morgan fingerprint density at radius 1 is 1.00 bits per heavy atom. The summed E-state index contributed by atoms with van der Waals surface area (Å²) in [6.07, 6.45) is 1.55. The molecule has 3 aliphatic rings. The van der Waals surface area contributed by atoms with Crippen LogP contribution in [0.1, 0.15) is 37.2 Å². The topological polar surface area (TPSA) is 63.6 Å². The summed E-state index contributed by atoms with van der Waals surface area (Å²) in [5, 5.41) is 10.2. The monoisotopic (exact) mass is 438 g/mol. The molecule has 1 aromatic carbocycles. The van der Waals surface area contributed by atoms with Gasteiger partial charge in [-0.05, 0) is 28.1 Å². The summed E-state index contributed by atoms with van der Waals surface area (Å²) in [5.74, 6) is 0.694. The van der Waals surface area contributed by atoms with E-state index in [1.54, 1.807) is 0 Å². The van der Waals surface area contributed by atoms with Crippen molar-refractivity contribution >= 4 is 43.4 Å². The van der Waals surface area contributed by atoms with E-state index >= 15 is 0 Å². The largest absolute Gasteiger partial charge is 0.512 e. The van der Waals surface area contributed by atoms with Crippen LogP contribution in [0, 0.1) is 0 Å². The van der Waals surface area contributed by atoms with Crippen LogP contribution in [0.4, 0.5) is 0 Å². The Kier molecular flexibility index (Phi) is 3.50. The normalized spacial score (nSPS) is 23.3. The number of carbonyl (C=O) groups excluding carboxylic acids is 2. The first-order valence-electron chi connectivity index (χ1n) is 7.35. The molecule has 0 amide bonds. The van der Waals surface area contributed by atoms with Gasteiger partial charge >= 0.3 is 0 Å². The highest BCUT2D eigenvalue weighted by molar-refractivity contribution is 9.11. The number of fused-ring (bicyclic) bond motifs is 1. The van der Waals surface area contributed by atoms with Crippen molar-refractivity contribution in [1.29, 1.82) is 0 Å². The summed E-state index contributed by atoms with van der Waals surface area (Å²) < 4.78 is 7.52. The Labute approximate surface area is 149 Å². The summed E-state index contributed by atoms with van der Waals surface area (Å²) in [6, 6.07) is 3.72. The van der Waals surface area contributed by atoms with E-state index in [0.29, 0.717) is 48.3 Å². The molecule has 4 rings (SSSR count). The number of ether oxygens (including phenoxy) is 1. The van der Waals surface area contributed by atoms with Crippen molar-refractivity contribution in [2.45, 2.75) is 31.6 Å². The van der Waals surface area contributed by atoms with E-state index in [2.05, 4.69) is 31.9 Å². The molecular weight excluding hydrogens is 428 g/mol. The molecule has 0 aromatic heterocycles. The minimum Gasteiger partial charge on any atom is -0.512 e. The van der Waals surface area contributed by atoms with E-state index in [1.165, 1.54) is 0 Å². The van der Waals surface area contributed by atoms with Crippen LogP contribution < -0.4 is 4.74 Å². The molecule has 0 bridgehead atoms. The number of aliphatic hydroxyl groups excluding tert-OH is 1. The summed E-state index contributed by atoms with van der Waals surface area (Å²) in [4.78, 5) is 24.7. The smallest absolute Gasteiger partial charge is 0.163 e. The summed E-state index contributed by atoms with van der Waals surface area (Å²) in [7, 11) is 0. The molecule has 4 nitrogen and oxygen atoms in total. The lowest BCUT2D eigenvalue weighted by Gasteiger charge is -2.28. The molecule has 0 saturated carbocycles. The van der Waals surface area contributed by atoms with E-state index in [1.807, 2.05) is 12.1 Å². The number of halogens is 2. The van der Waals surface area contributed by atoms with Gasteiger partial charge in [-0.25, -0.2) is 0 Å². The third-order valence-corrected chi connectivity index (χ3v) is 5.58. The van der Waals surface area contributed by atoms with Gasteiger partial charge in [0.25, 0.3) is 0 Å². The van der Waals surface area contributed by atoms with Crippen molar-refractivity contribution < 1.29 is 19.4 Å². The van der Waals surface area contributed by atoms with Crippen LogP contribution in [-0.2, 0) is 9.59 Å². The molecule has 1 aliphatic heterocycles. The molecule has 0 fully saturated rings. The molecule has 2 aliphatic carbocycles. The molecule has 6 heteroatoms. The highest BCUT2D eigenvalue weighted by Crippen LogP contribution is 2.52. The quantitative estimate of drug-likeness (QED) is 0.700. The van der Waals surface area contributed by atoms with Gasteiger partial charge in [0.2, 0.25) is 0 Å². The third kappa shape index (κ3) is 2.22. The average Bonchev–Trinajstić information content (AvgIpc) is 3.02. The molecule has 0 spiro atoms. The SMILES string of the molecule is O=C1CCC(O)=C1C1C2=C(CCC2=O)Oc2c(Br)cc(Br)cc21. The van der Waals surface area contributed by atoms with E-state index in [0.717, 1.165) is 14.5 Å². The van der Waals surface area contributed by atoms with Gasteiger partial charge < -0.3 is 9.84 Å². The van der Waals surface area contributed by atoms with Crippen molar-refractivity contribution in [3.05, 3.63) is 49.3 Å². The summed E-state index contributed by atoms with van der Waals surface area (Å²) in [6.45, 7) is 0. The number of rotatable bonds is 1. The number of benzene rings is 1. The van der Waals surface area contributed by atoms with Crippen LogP contribution >= 0.6 is 31.9 Å². The van der Waals surface area contributed by atoms with E-state index in [9.17, 15) is 14.7 Å². The maximum Gasteiger partial charge on any atom is 0.163 e. The van der Waals surface area contributed by atoms with E-state index in [4.69, 9.17) is 4.74 Å². The Balaban J connectivity index is 2.00. The van der Waals surface area contributed by atoms with Crippen LogP contribution in [0.15, 0.2) is 43.7 Å².